The summed E-state index contributed by atoms with van der Waals surface area (Å²) in [6.45, 7) is 5.28. The number of aryl methyl sites for hydroxylation is 2. The zero-order chi connectivity index (χ0) is 22.1. The van der Waals surface area contributed by atoms with E-state index in [4.69, 9.17) is 21.1 Å². The molecule has 0 heterocycles. The van der Waals surface area contributed by atoms with E-state index >= 15 is 0 Å². The van der Waals surface area contributed by atoms with E-state index in [0.717, 1.165) is 23.5 Å². The molecule has 31 heavy (non-hydrogen) atoms. The Balaban J connectivity index is 1.38. The number of rotatable bonds is 9. The van der Waals surface area contributed by atoms with Crippen molar-refractivity contribution in [2.24, 2.45) is 5.10 Å². The van der Waals surface area contributed by atoms with Gasteiger partial charge >= 0.3 is 0 Å². The number of nitrogens with one attached hydrogen (secondary N) is 1. The predicted octanol–water partition coefficient (Wildman–Crippen LogP) is 5.57. The number of hydrogen-bond donors (Lipinski definition) is 1. The summed E-state index contributed by atoms with van der Waals surface area (Å²) in [6.07, 6.45) is 2.36. The summed E-state index contributed by atoms with van der Waals surface area (Å²) in [7, 11) is 0. The van der Waals surface area contributed by atoms with Crippen LogP contribution in [0.1, 0.15) is 33.5 Å². The fourth-order valence-electron chi connectivity index (χ4n) is 2.97. The Kier molecular flexibility index (Phi) is 8.07. The van der Waals surface area contributed by atoms with Crippen LogP contribution < -0.4 is 14.9 Å². The molecule has 0 atom stereocenters. The zero-order valence-electron chi connectivity index (χ0n) is 17.6. The van der Waals surface area contributed by atoms with Gasteiger partial charge in [-0.15, -0.1) is 0 Å². The lowest BCUT2D eigenvalue weighted by molar-refractivity contribution is 0.0955. The van der Waals surface area contributed by atoms with Gasteiger partial charge in [0.15, 0.2) is 0 Å². The molecular formula is C25H25ClN2O3. The standard InChI is InChI=1S/C25H25ClN2O3/c1-18-13-19(2)15-24(14-18)31-12-4-11-30-23-9-7-20(8-10-23)17-27-28-25(29)21-5-3-6-22(26)16-21/h3,5-10,13-17H,4,11-12H2,1-2H3,(H,28,29)/b27-17-. The average Bonchev–Trinajstić information content (AvgIpc) is 2.74. The minimum Gasteiger partial charge on any atom is -0.493 e. The van der Waals surface area contributed by atoms with Gasteiger partial charge < -0.3 is 9.47 Å². The molecule has 1 amide bonds. The summed E-state index contributed by atoms with van der Waals surface area (Å²) in [5, 5.41) is 4.48. The number of carbonyl (C=O) groups is 1. The summed E-state index contributed by atoms with van der Waals surface area (Å²) >= 11 is 5.89. The molecule has 0 fully saturated rings. The van der Waals surface area contributed by atoms with Crippen molar-refractivity contribution in [1.82, 2.24) is 5.43 Å². The van der Waals surface area contributed by atoms with Gasteiger partial charge in [0.1, 0.15) is 11.5 Å². The molecule has 0 unspecified atom stereocenters. The Labute approximate surface area is 187 Å². The Morgan fingerprint density at radius 3 is 2.29 bits per heavy atom. The molecule has 0 spiro atoms. The van der Waals surface area contributed by atoms with Crippen molar-refractivity contribution in [3.05, 3.63) is 94.0 Å². The van der Waals surface area contributed by atoms with Crippen LogP contribution in [0.4, 0.5) is 0 Å². The maximum atomic E-state index is 12.0. The molecule has 0 saturated carbocycles. The van der Waals surface area contributed by atoms with E-state index in [2.05, 4.69) is 30.4 Å². The van der Waals surface area contributed by atoms with Crippen LogP contribution >= 0.6 is 11.6 Å². The van der Waals surface area contributed by atoms with Crippen LogP contribution in [0.3, 0.4) is 0 Å². The first-order valence-corrected chi connectivity index (χ1v) is 10.4. The van der Waals surface area contributed by atoms with E-state index in [1.165, 1.54) is 11.1 Å². The van der Waals surface area contributed by atoms with E-state index in [9.17, 15) is 4.79 Å². The largest absolute Gasteiger partial charge is 0.493 e. The highest BCUT2D eigenvalue weighted by atomic mass is 35.5. The first kappa shape index (κ1) is 22.4. The smallest absolute Gasteiger partial charge is 0.271 e. The second kappa shape index (κ2) is 11.2. The highest BCUT2D eigenvalue weighted by Gasteiger charge is 2.04. The number of hydrazone groups is 1. The molecule has 3 aromatic carbocycles. The quantitative estimate of drug-likeness (QED) is 0.271. The molecule has 160 valence electrons. The van der Waals surface area contributed by atoms with Gasteiger partial charge in [-0.3, -0.25) is 4.79 Å². The van der Waals surface area contributed by atoms with Crippen LogP contribution in [0.15, 0.2) is 71.8 Å². The molecule has 0 aliphatic carbocycles. The van der Waals surface area contributed by atoms with Gasteiger partial charge in [0.2, 0.25) is 0 Å². The highest BCUT2D eigenvalue weighted by Crippen LogP contribution is 2.17. The fraction of sp³-hybridized carbons (Fsp3) is 0.200. The number of amides is 1. The Morgan fingerprint density at radius 2 is 1.61 bits per heavy atom. The fourth-order valence-corrected chi connectivity index (χ4v) is 3.16. The lowest BCUT2D eigenvalue weighted by Crippen LogP contribution is -2.17. The van der Waals surface area contributed by atoms with Crippen molar-refractivity contribution in [3.63, 3.8) is 0 Å². The minimum atomic E-state index is -0.318. The number of carbonyl (C=O) groups excluding carboxylic acids is 1. The van der Waals surface area contributed by atoms with Crippen LogP contribution in [0.2, 0.25) is 5.02 Å². The lowest BCUT2D eigenvalue weighted by Gasteiger charge is -2.09. The van der Waals surface area contributed by atoms with E-state index in [-0.39, 0.29) is 5.91 Å². The van der Waals surface area contributed by atoms with Crippen molar-refractivity contribution in [1.29, 1.82) is 0 Å². The number of halogens is 1. The molecule has 0 radical (unpaired) electrons. The summed E-state index contributed by atoms with van der Waals surface area (Å²) < 4.78 is 11.5. The lowest BCUT2D eigenvalue weighted by atomic mass is 10.1. The topological polar surface area (TPSA) is 59.9 Å². The average molecular weight is 437 g/mol. The van der Waals surface area contributed by atoms with Gasteiger partial charge in [-0.05, 0) is 85.1 Å². The molecule has 0 aliphatic heterocycles. The maximum absolute atomic E-state index is 12.0. The summed E-state index contributed by atoms with van der Waals surface area (Å²) in [4.78, 5) is 12.0. The Morgan fingerprint density at radius 1 is 0.935 bits per heavy atom. The first-order chi connectivity index (χ1) is 15.0. The minimum absolute atomic E-state index is 0.318. The van der Waals surface area contributed by atoms with Crippen molar-refractivity contribution >= 4 is 23.7 Å². The van der Waals surface area contributed by atoms with Crippen LogP contribution in [-0.2, 0) is 0 Å². The summed E-state index contributed by atoms with van der Waals surface area (Å²) in [5.74, 6) is 1.34. The van der Waals surface area contributed by atoms with Gasteiger partial charge in [-0.25, -0.2) is 5.43 Å². The third kappa shape index (κ3) is 7.46. The Hall–Kier alpha value is -3.31. The predicted molar refractivity (Wildman–Crippen MR) is 124 cm³/mol. The van der Waals surface area contributed by atoms with Crippen LogP contribution in [0, 0.1) is 13.8 Å². The maximum Gasteiger partial charge on any atom is 0.271 e. The third-order valence-electron chi connectivity index (χ3n) is 4.37. The first-order valence-electron chi connectivity index (χ1n) is 10.0. The van der Waals surface area contributed by atoms with Crippen LogP contribution in [0.25, 0.3) is 0 Å². The van der Waals surface area contributed by atoms with Crippen LogP contribution in [-0.4, -0.2) is 25.3 Å². The molecule has 0 aliphatic rings. The van der Waals surface area contributed by atoms with Crippen molar-refractivity contribution in [2.75, 3.05) is 13.2 Å². The monoisotopic (exact) mass is 436 g/mol. The molecule has 5 nitrogen and oxygen atoms in total. The van der Waals surface area contributed by atoms with E-state index in [1.807, 2.05) is 36.4 Å². The molecule has 0 bridgehead atoms. The van der Waals surface area contributed by atoms with Gasteiger partial charge in [0.05, 0.1) is 19.4 Å². The second-order valence-corrected chi connectivity index (χ2v) is 7.59. The number of ether oxygens (including phenoxy) is 2. The highest BCUT2D eigenvalue weighted by molar-refractivity contribution is 6.30. The molecule has 3 rings (SSSR count). The summed E-state index contributed by atoms with van der Waals surface area (Å²) in [6, 6.07) is 20.4. The normalized spacial score (nSPS) is 10.8. The van der Waals surface area contributed by atoms with Crippen molar-refractivity contribution < 1.29 is 14.3 Å². The molecular weight excluding hydrogens is 412 g/mol. The third-order valence-corrected chi connectivity index (χ3v) is 4.60. The molecule has 6 heteroatoms. The van der Waals surface area contributed by atoms with Gasteiger partial charge in [-0.2, -0.15) is 5.10 Å². The van der Waals surface area contributed by atoms with Gasteiger partial charge in [-0.1, -0.05) is 23.7 Å². The molecule has 1 N–H and O–H groups in total. The van der Waals surface area contributed by atoms with Crippen molar-refractivity contribution in [3.8, 4) is 11.5 Å². The number of nitrogens with zero attached hydrogens (tertiary/aromatic N) is 1. The number of benzene rings is 3. The van der Waals surface area contributed by atoms with Crippen LogP contribution in [0.5, 0.6) is 11.5 Å². The molecule has 3 aromatic rings. The SMILES string of the molecule is Cc1cc(C)cc(OCCCOc2ccc(/C=N\NC(=O)c3cccc(Cl)c3)cc2)c1. The van der Waals surface area contributed by atoms with Gasteiger partial charge in [0, 0.05) is 17.0 Å². The summed E-state index contributed by atoms with van der Waals surface area (Å²) in [5.41, 5.74) is 6.17. The van der Waals surface area contributed by atoms with E-state index < -0.39 is 0 Å². The van der Waals surface area contributed by atoms with Crippen molar-refractivity contribution in [2.45, 2.75) is 20.3 Å². The Bertz CT molecular complexity index is 1030. The molecule has 0 saturated heterocycles. The number of hydrogen-bond acceptors (Lipinski definition) is 4. The van der Waals surface area contributed by atoms with E-state index in [1.54, 1.807) is 30.5 Å². The molecule has 0 aromatic heterocycles. The van der Waals surface area contributed by atoms with Gasteiger partial charge in [0.25, 0.3) is 5.91 Å². The second-order valence-electron chi connectivity index (χ2n) is 7.15. The van der Waals surface area contributed by atoms with E-state index in [0.29, 0.717) is 23.8 Å². The zero-order valence-corrected chi connectivity index (χ0v) is 18.4.